The van der Waals surface area contributed by atoms with Gasteiger partial charge in [-0.1, -0.05) is 59.6 Å². The number of carbonyl (C=O) groups is 1. The van der Waals surface area contributed by atoms with Crippen molar-refractivity contribution in [1.29, 1.82) is 0 Å². The monoisotopic (exact) mass is 458 g/mol. The predicted octanol–water partition coefficient (Wildman–Crippen LogP) is 7.33. The molecule has 3 nitrogen and oxygen atoms in total. The van der Waals surface area contributed by atoms with E-state index in [1.807, 2.05) is 54.8 Å². The van der Waals surface area contributed by atoms with Crippen LogP contribution in [0.3, 0.4) is 0 Å². The molecule has 0 atom stereocenters. The van der Waals surface area contributed by atoms with Gasteiger partial charge >= 0.3 is 0 Å². The van der Waals surface area contributed by atoms with Crippen LogP contribution in [0.4, 0.5) is 5.69 Å². The quantitative estimate of drug-likeness (QED) is 0.313. The number of hydrogen-bond acceptors (Lipinski definition) is 4. The van der Waals surface area contributed by atoms with Crippen LogP contribution in [0.25, 0.3) is 10.4 Å². The molecule has 2 heterocycles. The van der Waals surface area contributed by atoms with Crippen molar-refractivity contribution in [1.82, 2.24) is 4.98 Å². The molecule has 0 aliphatic rings. The first kappa shape index (κ1) is 20.1. The number of aryl methyl sites for hydroxylation is 1. The first-order valence-corrected chi connectivity index (χ1v) is 11.3. The molecule has 0 aliphatic carbocycles. The number of hydrogen-bond donors (Lipinski definition) is 0. The maximum Gasteiger partial charge on any atom is 0.278 e. The molecule has 2 aromatic heterocycles. The Morgan fingerprint density at radius 1 is 1.07 bits per heavy atom. The number of anilines is 1. The average Bonchev–Trinajstić information content (AvgIpc) is 3.38. The van der Waals surface area contributed by atoms with Crippen molar-refractivity contribution in [2.75, 3.05) is 4.90 Å². The van der Waals surface area contributed by atoms with Crippen molar-refractivity contribution >= 4 is 57.5 Å². The van der Waals surface area contributed by atoms with Crippen molar-refractivity contribution in [3.8, 4) is 10.4 Å². The third kappa shape index (κ3) is 4.38. The highest BCUT2D eigenvalue weighted by Gasteiger charge is 2.27. The molecule has 4 rings (SSSR count). The SMILES string of the molecule is Cc1nc(C(=O)N(Cc2cccs2)c2cc(Cl)ccc2Cl)c(-c2ccccc2)s1. The van der Waals surface area contributed by atoms with Crippen LogP contribution in [0.2, 0.25) is 10.0 Å². The van der Waals surface area contributed by atoms with Gasteiger partial charge in [0, 0.05) is 9.90 Å². The van der Waals surface area contributed by atoms with Crippen LogP contribution < -0.4 is 4.90 Å². The van der Waals surface area contributed by atoms with Crippen molar-refractivity contribution in [3.63, 3.8) is 0 Å². The molecule has 0 aliphatic heterocycles. The standard InChI is InChI=1S/C22H16Cl2N2OS2/c1-14-25-20(21(29-14)15-6-3-2-4-7-15)22(27)26(13-17-8-5-11-28-17)19-12-16(23)9-10-18(19)24/h2-12H,13H2,1H3. The third-order valence-electron chi connectivity index (χ3n) is 4.31. The van der Waals surface area contributed by atoms with Crippen LogP contribution in [-0.2, 0) is 6.54 Å². The molecule has 7 heteroatoms. The van der Waals surface area contributed by atoms with Gasteiger partial charge in [0.15, 0.2) is 0 Å². The number of nitrogens with zero attached hydrogens (tertiary/aromatic N) is 2. The van der Waals surface area contributed by atoms with Crippen molar-refractivity contribution in [3.05, 3.63) is 91.7 Å². The van der Waals surface area contributed by atoms with E-state index in [4.69, 9.17) is 23.2 Å². The van der Waals surface area contributed by atoms with Gasteiger partial charge in [0.2, 0.25) is 0 Å². The summed E-state index contributed by atoms with van der Waals surface area (Å²) in [5.74, 6) is -0.203. The van der Waals surface area contributed by atoms with E-state index in [-0.39, 0.29) is 5.91 Å². The maximum atomic E-state index is 13.7. The maximum absolute atomic E-state index is 13.7. The summed E-state index contributed by atoms with van der Waals surface area (Å²) in [4.78, 5) is 21.8. The van der Waals surface area contributed by atoms with Crippen molar-refractivity contribution < 1.29 is 4.79 Å². The second kappa shape index (κ2) is 8.67. The fourth-order valence-corrected chi connectivity index (χ4v) is 5.00. The van der Waals surface area contributed by atoms with Crippen molar-refractivity contribution in [2.24, 2.45) is 0 Å². The van der Waals surface area contributed by atoms with Crippen LogP contribution in [0.1, 0.15) is 20.4 Å². The third-order valence-corrected chi connectivity index (χ3v) is 6.75. The van der Waals surface area contributed by atoms with Crippen LogP contribution in [0, 0.1) is 6.92 Å². The Morgan fingerprint density at radius 2 is 1.86 bits per heavy atom. The van der Waals surface area contributed by atoms with Gasteiger partial charge in [-0.25, -0.2) is 4.98 Å². The lowest BCUT2D eigenvalue weighted by Gasteiger charge is -2.23. The summed E-state index contributed by atoms with van der Waals surface area (Å²) in [6, 6.07) is 18.9. The molecule has 0 fully saturated rings. The van der Waals surface area contributed by atoms with Gasteiger partial charge in [0.05, 0.1) is 27.1 Å². The van der Waals surface area contributed by atoms with E-state index in [9.17, 15) is 4.79 Å². The second-order valence-electron chi connectivity index (χ2n) is 6.34. The summed E-state index contributed by atoms with van der Waals surface area (Å²) in [5.41, 5.74) is 1.96. The molecule has 0 spiro atoms. The molecular formula is C22H16Cl2N2OS2. The highest BCUT2D eigenvalue weighted by Crippen LogP contribution is 2.35. The molecule has 0 saturated carbocycles. The summed E-state index contributed by atoms with van der Waals surface area (Å²) >= 11 is 15.8. The molecule has 146 valence electrons. The summed E-state index contributed by atoms with van der Waals surface area (Å²) in [7, 11) is 0. The Kier molecular flexibility index (Phi) is 6.01. The minimum absolute atomic E-state index is 0.203. The minimum Gasteiger partial charge on any atom is -0.300 e. The molecule has 0 radical (unpaired) electrons. The molecule has 0 saturated heterocycles. The zero-order valence-corrected chi connectivity index (χ0v) is 18.6. The van der Waals surface area contributed by atoms with E-state index in [0.29, 0.717) is 28.0 Å². The van der Waals surface area contributed by atoms with Gasteiger partial charge in [-0.3, -0.25) is 4.79 Å². The molecular weight excluding hydrogens is 443 g/mol. The van der Waals surface area contributed by atoms with Gasteiger partial charge in [0.1, 0.15) is 5.69 Å². The number of rotatable bonds is 5. The molecule has 0 N–H and O–H groups in total. The highest BCUT2D eigenvalue weighted by atomic mass is 35.5. The molecule has 2 aromatic carbocycles. The fourth-order valence-electron chi connectivity index (χ4n) is 3.00. The highest BCUT2D eigenvalue weighted by molar-refractivity contribution is 7.15. The van der Waals surface area contributed by atoms with Gasteiger partial charge in [0.25, 0.3) is 5.91 Å². The summed E-state index contributed by atoms with van der Waals surface area (Å²) in [6.07, 6.45) is 0. The second-order valence-corrected chi connectivity index (χ2v) is 9.42. The Morgan fingerprint density at radius 3 is 2.59 bits per heavy atom. The number of amides is 1. The molecule has 0 bridgehead atoms. The average molecular weight is 459 g/mol. The summed E-state index contributed by atoms with van der Waals surface area (Å²) < 4.78 is 0. The van der Waals surface area contributed by atoms with Gasteiger partial charge in [-0.2, -0.15) is 0 Å². The first-order chi connectivity index (χ1) is 14.0. The number of thiophene rings is 1. The topological polar surface area (TPSA) is 33.2 Å². The minimum atomic E-state index is -0.203. The zero-order valence-electron chi connectivity index (χ0n) is 15.4. The van der Waals surface area contributed by atoms with Gasteiger partial charge < -0.3 is 4.90 Å². The Bertz CT molecular complexity index is 1140. The van der Waals surface area contributed by atoms with E-state index < -0.39 is 0 Å². The number of benzene rings is 2. The zero-order chi connectivity index (χ0) is 20.4. The fraction of sp³-hybridized carbons (Fsp3) is 0.0909. The lowest BCUT2D eigenvalue weighted by Crippen LogP contribution is -2.31. The van der Waals surface area contributed by atoms with E-state index in [1.165, 1.54) is 11.3 Å². The number of thiazole rings is 1. The number of halogens is 2. The number of aromatic nitrogens is 1. The Hall–Kier alpha value is -2.18. The molecule has 0 unspecified atom stereocenters. The predicted molar refractivity (Wildman–Crippen MR) is 124 cm³/mol. The normalized spacial score (nSPS) is 10.9. The first-order valence-electron chi connectivity index (χ1n) is 8.85. The van der Waals surface area contributed by atoms with Crippen LogP contribution in [0.5, 0.6) is 0 Å². The Labute approximate surface area is 187 Å². The van der Waals surface area contributed by atoms with Gasteiger partial charge in [-0.15, -0.1) is 22.7 Å². The van der Waals surface area contributed by atoms with E-state index >= 15 is 0 Å². The largest absolute Gasteiger partial charge is 0.300 e. The van der Waals surface area contributed by atoms with Crippen LogP contribution in [0.15, 0.2) is 66.0 Å². The lowest BCUT2D eigenvalue weighted by atomic mass is 10.1. The van der Waals surface area contributed by atoms with E-state index in [1.54, 1.807) is 34.4 Å². The molecule has 29 heavy (non-hydrogen) atoms. The Balaban J connectivity index is 1.81. The van der Waals surface area contributed by atoms with Crippen LogP contribution >= 0.6 is 45.9 Å². The van der Waals surface area contributed by atoms with Crippen molar-refractivity contribution in [2.45, 2.75) is 13.5 Å². The van der Waals surface area contributed by atoms with Gasteiger partial charge in [-0.05, 0) is 42.1 Å². The summed E-state index contributed by atoms with van der Waals surface area (Å²) in [5, 5.41) is 3.80. The number of carbonyl (C=O) groups excluding carboxylic acids is 1. The van der Waals surface area contributed by atoms with Crippen LogP contribution in [-0.4, -0.2) is 10.9 Å². The summed E-state index contributed by atoms with van der Waals surface area (Å²) in [6.45, 7) is 2.30. The van der Waals surface area contributed by atoms with E-state index in [0.717, 1.165) is 20.3 Å². The molecule has 4 aromatic rings. The lowest BCUT2D eigenvalue weighted by molar-refractivity contribution is 0.0981. The molecule has 1 amide bonds. The van der Waals surface area contributed by atoms with E-state index in [2.05, 4.69) is 4.98 Å². The smallest absolute Gasteiger partial charge is 0.278 e.